The first-order valence-electron chi connectivity index (χ1n) is 13.3. The number of nitrogens with zero attached hydrogens (tertiary/aromatic N) is 7. The molecule has 1 saturated carbocycles. The molecule has 3 aliphatic rings. The largest absolute Gasteiger partial charge is 0.354 e. The molecule has 196 valence electrons. The van der Waals surface area contributed by atoms with Crippen molar-refractivity contribution in [2.75, 3.05) is 31.5 Å². The van der Waals surface area contributed by atoms with Gasteiger partial charge in [0.15, 0.2) is 11.5 Å². The van der Waals surface area contributed by atoms with E-state index in [4.69, 9.17) is 14.4 Å². The lowest BCUT2D eigenvalue weighted by molar-refractivity contribution is -0.121. The number of anilines is 1. The molecule has 6 rings (SSSR count). The highest BCUT2D eigenvalue weighted by Gasteiger charge is 2.25. The van der Waals surface area contributed by atoms with Crippen molar-refractivity contribution in [3.63, 3.8) is 0 Å². The van der Waals surface area contributed by atoms with Crippen LogP contribution in [0.4, 0.5) is 5.82 Å². The van der Waals surface area contributed by atoms with Gasteiger partial charge in [0.05, 0.1) is 23.8 Å². The number of amides is 1. The second-order valence-corrected chi connectivity index (χ2v) is 11.8. The Kier molecular flexibility index (Phi) is 6.90. The number of imidazole rings is 1. The van der Waals surface area contributed by atoms with Crippen molar-refractivity contribution in [1.82, 2.24) is 34.4 Å². The average molecular weight is 522 g/mol. The van der Waals surface area contributed by atoms with E-state index >= 15 is 0 Å². The molecule has 0 radical (unpaired) electrons. The topological polar surface area (TPSA) is 105 Å². The lowest BCUT2D eigenvalue weighted by Crippen LogP contribution is -2.38. The van der Waals surface area contributed by atoms with Crippen LogP contribution >= 0.6 is 11.9 Å². The molecule has 11 heteroatoms. The fraction of sp³-hybridized carbons (Fsp3) is 0.577. The Balaban J connectivity index is 1.12. The summed E-state index contributed by atoms with van der Waals surface area (Å²) in [6.45, 7) is 8.61. The third-order valence-electron chi connectivity index (χ3n) is 7.31. The minimum absolute atomic E-state index is 0.00308. The SMILES string of the molecule is Cc1cn2c(-c3cnn(CC(=O)NCC4CC4)c3)cnc2c(NC2CC(CN3CCCC(C)C3)=NS2)n1. The van der Waals surface area contributed by atoms with E-state index in [9.17, 15) is 4.79 Å². The first kappa shape index (κ1) is 24.4. The van der Waals surface area contributed by atoms with Gasteiger partial charge in [-0.2, -0.15) is 5.10 Å². The first-order chi connectivity index (χ1) is 18.0. The number of rotatable bonds is 9. The van der Waals surface area contributed by atoms with E-state index in [1.165, 1.54) is 44.5 Å². The molecule has 1 aliphatic carbocycles. The smallest absolute Gasteiger partial charge is 0.241 e. The van der Waals surface area contributed by atoms with E-state index in [2.05, 4.69) is 32.0 Å². The number of nitrogens with one attached hydrogen (secondary N) is 2. The minimum atomic E-state index is -0.00308. The number of aromatic nitrogens is 5. The number of aryl methyl sites for hydroxylation is 1. The molecule has 3 aromatic heterocycles. The second-order valence-electron chi connectivity index (χ2n) is 10.8. The van der Waals surface area contributed by atoms with E-state index < -0.39 is 0 Å². The fourth-order valence-corrected chi connectivity index (χ4v) is 6.06. The minimum Gasteiger partial charge on any atom is -0.354 e. The third-order valence-corrected chi connectivity index (χ3v) is 8.21. The summed E-state index contributed by atoms with van der Waals surface area (Å²) in [5.74, 6) is 2.19. The van der Waals surface area contributed by atoms with Crippen LogP contribution in [0.25, 0.3) is 16.9 Å². The number of likely N-dealkylation sites (tertiary alicyclic amines) is 1. The van der Waals surface area contributed by atoms with Gasteiger partial charge in [-0.05, 0) is 62.9 Å². The Labute approximate surface area is 221 Å². The average Bonchev–Trinajstić information content (AvgIpc) is 3.19. The Morgan fingerprint density at radius 1 is 1.22 bits per heavy atom. The van der Waals surface area contributed by atoms with Gasteiger partial charge in [-0.15, -0.1) is 0 Å². The maximum atomic E-state index is 12.2. The van der Waals surface area contributed by atoms with Gasteiger partial charge in [-0.25, -0.2) is 14.4 Å². The summed E-state index contributed by atoms with van der Waals surface area (Å²) < 4.78 is 8.50. The molecule has 3 aromatic rings. The van der Waals surface area contributed by atoms with Crippen LogP contribution in [0.1, 0.15) is 44.7 Å². The Bertz CT molecular complexity index is 1310. The zero-order valence-electron chi connectivity index (χ0n) is 21.6. The fourth-order valence-electron chi connectivity index (χ4n) is 5.22. The van der Waals surface area contributed by atoms with Gasteiger partial charge in [0.2, 0.25) is 5.91 Å². The normalized spacial score (nSPS) is 22.4. The molecule has 10 nitrogen and oxygen atoms in total. The Morgan fingerprint density at radius 3 is 2.95 bits per heavy atom. The molecule has 1 saturated heterocycles. The maximum Gasteiger partial charge on any atom is 0.241 e. The molecule has 2 aliphatic heterocycles. The lowest BCUT2D eigenvalue weighted by atomic mass is 10.00. The van der Waals surface area contributed by atoms with E-state index in [0.717, 1.165) is 53.8 Å². The van der Waals surface area contributed by atoms with Gasteiger partial charge in [0.1, 0.15) is 11.9 Å². The summed E-state index contributed by atoms with van der Waals surface area (Å²) in [5.41, 5.74) is 4.75. The molecule has 5 heterocycles. The van der Waals surface area contributed by atoms with Crippen LogP contribution in [0.15, 0.2) is 29.2 Å². The van der Waals surface area contributed by atoms with Gasteiger partial charge >= 0.3 is 0 Å². The van der Waals surface area contributed by atoms with Crippen molar-refractivity contribution in [2.24, 2.45) is 16.2 Å². The van der Waals surface area contributed by atoms with E-state index in [0.29, 0.717) is 5.92 Å². The third kappa shape index (κ3) is 5.82. The second kappa shape index (κ2) is 10.4. The van der Waals surface area contributed by atoms with E-state index in [1.54, 1.807) is 22.8 Å². The summed E-state index contributed by atoms with van der Waals surface area (Å²) in [6, 6.07) is 0. The summed E-state index contributed by atoms with van der Waals surface area (Å²) in [7, 11) is 0. The van der Waals surface area contributed by atoms with Crippen LogP contribution in [0, 0.1) is 18.8 Å². The summed E-state index contributed by atoms with van der Waals surface area (Å²) in [4.78, 5) is 24.2. The quantitative estimate of drug-likeness (QED) is 0.416. The maximum absolute atomic E-state index is 12.2. The zero-order valence-corrected chi connectivity index (χ0v) is 22.4. The molecular weight excluding hydrogens is 486 g/mol. The van der Waals surface area contributed by atoms with Crippen LogP contribution < -0.4 is 10.6 Å². The van der Waals surface area contributed by atoms with Gasteiger partial charge in [0, 0.05) is 49.7 Å². The number of carbonyl (C=O) groups excluding carboxylic acids is 1. The van der Waals surface area contributed by atoms with Crippen molar-refractivity contribution >= 4 is 35.0 Å². The predicted octanol–water partition coefficient (Wildman–Crippen LogP) is 3.39. The van der Waals surface area contributed by atoms with Gasteiger partial charge in [0.25, 0.3) is 0 Å². The molecule has 37 heavy (non-hydrogen) atoms. The predicted molar refractivity (Wildman–Crippen MR) is 147 cm³/mol. The van der Waals surface area contributed by atoms with Crippen LogP contribution in [-0.2, 0) is 11.3 Å². The van der Waals surface area contributed by atoms with Crippen LogP contribution in [0.2, 0.25) is 0 Å². The van der Waals surface area contributed by atoms with Crippen molar-refractivity contribution < 1.29 is 4.79 Å². The van der Waals surface area contributed by atoms with E-state index in [-0.39, 0.29) is 17.8 Å². The Hall–Kier alpha value is -2.92. The highest BCUT2D eigenvalue weighted by atomic mass is 32.2. The van der Waals surface area contributed by atoms with Crippen molar-refractivity contribution in [3.8, 4) is 11.3 Å². The highest BCUT2D eigenvalue weighted by Crippen LogP contribution is 2.30. The van der Waals surface area contributed by atoms with Gasteiger partial charge < -0.3 is 10.6 Å². The summed E-state index contributed by atoms with van der Waals surface area (Å²) in [6.07, 6.45) is 13.5. The van der Waals surface area contributed by atoms with E-state index in [1.807, 2.05) is 25.5 Å². The monoisotopic (exact) mass is 521 g/mol. The van der Waals surface area contributed by atoms with Crippen molar-refractivity contribution in [3.05, 3.63) is 30.5 Å². The zero-order chi connectivity index (χ0) is 25.4. The molecule has 2 atom stereocenters. The molecule has 2 unspecified atom stereocenters. The molecule has 1 amide bonds. The van der Waals surface area contributed by atoms with Gasteiger partial charge in [-0.1, -0.05) is 6.92 Å². The van der Waals surface area contributed by atoms with Crippen LogP contribution in [-0.4, -0.2) is 72.2 Å². The summed E-state index contributed by atoms with van der Waals surface area (Å²) in [5, 5.41) is 11.1. The van der Waals surface area contributed by atoms with Crippen molar-refractivity contribution in [1.29, 1.82) is 0 Å². The lowest BCUT2D eigenvalue weighted by Gasteiger charge is -2.30. The molecule has 0 bridgehead atoms. The highest BCUT2D eigenvalue weighted by molar-refractivity contribution is 7.99. The molecule has 2 N–H and O–H groups in total. The van der Waals surface area contributed by atoms with Crippen molar-refractivity contribution in [2.45, 2.75) is 57.9 Å². The molecule has 0 aromatic carbocycles. The molecular formula is C26H35N9OS. The molecule has 2 fully saturated rings. The number of fused-ring (bicyclic) bond motifs is 1. The number of carbonyl (C=O) groups is 1. The standard InChI is InChI=1S/C26H35N9OS/c1-17-4-3-7-33(12-17)15-21-8-24(37-32-21)31-25-26-28-11-22(35(26)13-18(2)30-25)20-10-29-34(14-20)16-23(36)27-9-19-5-6-19/h10-11,13-14,17,19,24H,3-9,12,15-16H2,1-2H3,(H,27,36)(H,30,31). The number of piperidine rings is 1. The summed E-state index contributed by atoms with van der Waals surface area (Å²) >= 11 is 1.59. The Morgan fingerprint density at radius 2 is 2.11 bits per heavy atom. The number of hydrogen-bond acceptors (Lipinski definition) is 8. The molecule has 0 spiro atoms. The van der Waals surface area contributed by atoms with Gasteiger partial charge in [-0.3, -0.25) is 18.8 Å². The number of hydrogen-bond donors (Lipinski definition) is 2. The van der Waals surface area contributed by atoms with Crippen LogP contribution in [0.3, 0.4) is 0 Å². The first-order valence-corrected chi connectivity index (χ1v) is 14.2. The van der Waals surface area contributed by atoms with Crippen LogP contribution in [0.5, 0.6) is 0 Å².